The molecule has 0 spiro atoms. The Labute approximate surface area is 144 Å². The minimum absolute atomic E-state index is 0.138. The number of rotatable bonds is 2. The van der Waals surface area contributed by atoms with Gasteiger partial charge in [0.05, 0.1) is 7.11 Å². The second kappa shape index (κ2) is 6.27. The van der Waals surface area contributed by atoms with Gasteiger partial charge in [0, 0.05) is 11.1 Å². The van der Waals surface area contributed by atoms with Gasteiger partial charge < -0.3 is 4.74 Å². The fourth-order valence-corrected chi connectivity index (χ4v) is 3.10. The normalized spacial score (nSPS) is 16.2. The molecule has 2 aromatic rings. The van der Waals surface area contributed by atoms with Crippen molar-refractivity contribution >= 4 is 11.9 Å². The number of hydrogen-bond acceptors (Lipinski definition) is 2. The number of ether oxygens (including phenoxy) is 1. The van der Waals surface area contributed by atoms with Crippen molar-refractivity contribution in [1.29, 1.82) is 0 Å². The Bertz CT molecular complexity index is 790. The van der Waals surface area contributed by atoms with E-state index in [1.807, 2.05) is 24.3 Å². The summed E-state index contributed by atoms with van der Waals surface area (Å²) in [7, 11) is 1.65. The predicted octanol–water partition coefficient (Wildman–Crippen LogP) is 5.21. The van der Waals surface area contributed by atoms with Crippen LogP contribution in [0, 0.1) is 0 Å². The maximum absolute atomic E-state index is 12.7. The van der Waals surface area contributed by atoms with Gasteiger partial charge in [-0.1, -0.05) is 45.0 Å². The standard InChI is InChI=1S/C22H24O2/c1-22(2,3)18-9-5-15(6-10-18)13-17-8-7-16-14-19(24-4)11-12-20(16)21(17)23/h5-6,9-14H,7-8H2,1-4H3/b17-13-. The first kappa shape index (κ1) is 16.5. The van der Waals surface area contributed by atoms with Gasteiger partial charge in [0.15, 0.2) is 5.78 Å². The molecule has 0 fully saturated rings. The molecule has 2 nitrogen and oxygen atoms in total. The Morgan fingerprint density at radius 1 is 1.00 bits per heavy atom. The van der Waals surface area contributed by atoms with Crippen molar-refractivity contribution in [1.82, 2.24) is 0 Å². The highest BCUT2D eigenvalue weighted by molar-refractivity contribution is 6.13. The lowest BCUT2D eigenvalue weighted by Crippen LogP contribution is -2.14. The summed E-state index contributed by atoms with van der Waals surface area (Å²) >= 11 is 0. The second-order valence-corrected chi connectivity index (χ2v) is 7.39. The molecule has 124 valence electrons. The number of Topliss-reactive ketones (excluding diaryl/α,β-unsaturated/α-hetero) is 1. The molecule has 1 aliphatic rings. The molecule has 0 radical (unpaired) electrons. The highest BCUT2D eigenvalue weighted by Crippen LogP contribution is 2.30. The minimum atomic E-state index is 0.138. The van der Waals surface area contributed by atoms with Crippen molar-refractivity contribution in [3.05, 3.63) is 70.3 Å². The summed E-state index contributed by atoms with van der Waals surface area (Å²) in [5.74, 6) is 0.950. The van der Waals surface area contributed by atoms with E-state index in [9.17, 15) is 4.79 Å². The molecular formula is C22H24O2. The lowest BCUT2D eigenvalue weighted by atomic mass is 9.84. The van der Waals surface area contributed by atoms with Crippen LogP contribution in [0.15, 0.2) is 48.0 Å². The number of carbonyl (C=O) groups is 1. The van der Waals surface area contributed by atoms with Gasteiger partial charge in [-0.2, -0.15) is 0 Å². The first-order valence-electron chi connectivity index (χ1n) is 8.41. The zero-order valence-electron chi connectivity index (χ0n) is 14.8. The summed E-state index contributed by atoms with van der Waals surface area (Å²) in [6, 6.07) is 14.2. The first-order valence-corrected chi connectivity index (χ1v) is 8.41. The first-order chi connectivity index (χ1) is 11.4. The molecule has 0 aromatic heterocycles. The molecule has 0 saturated carbocycles. The van der Waals surface area contributed by atoms with Crippen molar-refractivity contribution in [2.24, 2.45) is 0 Å². The Morgan fingerprint density at radius 3 is 2.33 bits per heavy atom. The van der Waals surface area contributed by atoms with Gasteiger partial charge in [-0.15, -0.1) is 0 Å². The molecule has 0 heterocycles. The third kappa shape index (κ3) is 3.28. The van der Waals surface area contributed by atoms with Gasteiger partial charge in [0.25, 0.3) is 0 Å². The number of allylic oxidation sites excluding steroid dienone is 1. The fraction of sp³-hybridized carbons (Fsp3) is 0.318. The smallest absolute Gasteiger partial charge is 0.189 e. The molecule has 0 atom stereocenters. The van der Waals surface area contributed by atoms with Crippen LogP contribution in [0.1, 0.15) is 54.2 Å². The maximum atomic E-state index is 12.7. The van der Waals surface area contributed by atoms with E-state index in [4.69, 9.17) is 4.74 Å². The molecule has 0 saturated heterocycles. The lowest BCUT2D eigenvalue weighted by molar-refractivity contribution is 0.102. The van der Waals surface area contributed by atoms with Crippen LogP contribution in [0.25, 0.3) is 6.08 Å². The third-order valence-electron chi connectivity index (χ3n) is 4.63. The summed E-state index contributed by atoms with van der Waals surface area (Å²) in [5.41, 5.74) is 5.31. The lowest BCUT2D eigenvalue weighted by Gasteiger charge is -2.20. The van der Waals surface area contributed by atoms with Crippen LogP contribution in [0.4, 0.5) is 0 Å². The molecule has 3 rings (SSSR count). The Morgan fingerprint density at radius 2 is 1.71 bits per heavy atom. The number of methoxy groups -OCH3 is 1. The average Bonchev–Trinajstić information content (AvgIpc) is 2.57. The van der Waals surface area contributed by atoms with Crippen LogP contribution in [0.5, 0.6) is 5.75 Å². The molecule has 0 N–H and O–H groups in total. The van der Waals surface area contributed by atoms with Crippen LogP contribution in [-0.2, 0) is 11.8 Å². The number of aryl methyl sites for hydroxylation is 1. The summed E-state index contributed by atoms with van der Waals surface area (Å²) in [6.45, 7) is 6.61. The van der Waals surface area contributed by atoms with Crippen LogP contribution in [0.2, 0.25) is 0 Å². The molecule has 0 aliphatic heterocycles. The quantitative estimate of drug-likeness (QED) is 0.710. The molecule has 1 aliphatic carbocycles. The van der Waals surface area contributed by atoms with Crippen LogP contribution in [0.3, 0.4) is 0 Å². The van der Waals surface area contributed by atoms with Gasteiger partial charge in [0.1, 0.15) is 5.75 Å². The van der Waals surface area contributed by atoms with Crippen molar-refractivity contribution in [2.45, 2.75) is 39.0 Å². The molecule has 0 unspecified atom stereocenters. The highest BCUT2D eigenvalue weighted by Gasteiger charge is 2.22. The monoisotopic (exact) mass is 320 g/mol. The predicted molar refractivity (Wildman–Crippen MR) is 98.8 cm³/mol. The van der Waals surface area contributed by atoms with E-state index >= 15 is 0 Å². The number of benzene rings is 2. The van der Waals surface area contributed by atoms with E-state index in [0.717, 1.165) is 40.9 Å². The maximum Gasteiger partial charge on any atom is 0.189 e. The van der Waals surface area contributed by atoms with Gasteiger partial charge >= 0.3 is 0 Å². The average molecular weight is 320 g/mol. The number of fused-ring (bicyclic) bond motifs is 1. The van der Waals surface area contributed by atoms with Gasteiger partial charge in [-0.3, -0.25) is 4.79 Å². The summed E-state index contributed by atoms with van der Waals surface area (Å²) < 4.78 is 5.25. The minimum Gasteiger partial charge on any atom is -0.497 e. The molecule has 24 heavy (non-hydrogen) atoms. The zero-order chi connectivity index (χ0) is 17.3. The largest absolute Gasteiger partial charge is 0.497 e. The number of ketones is 1. The fourth-order valence-electron chi connectivity index (χ4n) is 3.10. The SMILES string of the molecule is COc1ccc2c(c1)CC/C(=C/c1ccc(C(C)(C)C)cc1)C2=O. The van der Waals surface area contributed by atoms with E-state index in [-0.39, 0.29) is 11.2 Å². The molecule has 0 amide bonds. The highest BCUT2D eigenvalue weighted by atomic mass is 16.5. The van der Waals surface area contributed by atoms with Crippen LogP contribution in [-0.4, -0.2) is 12.9 Å². The topological polar surface area (TPSA) is 26.3 Å². The van der Waals surface area contributed by atoms with Crippen LogP contribution < -0.4 is 4.74 Å². The van der Waals surface area contributed by atoms with E-state index in [1.54, 1.807) is 7.11 Å². The molecular weight excluding hydrogens is 296 g/mol. The summed E-state index contributed by atoms with van der Waals surface area (Å²) in [5, 5.41) is 0. The Kier molecular flexibility index (Phi) is 4.31. The van der Waals surface area contributed by atoms with Gasteiger partial charge in [-0.05, 0) is 59.2 Å². The van der Waals surface area contributed by atoms with Crippen LogP contribution >= 0.6 is 0 Å². The second-order valence-electron chi connectivity index (χ2n) is 7.39. The Balaban J connectivity index is 1.87. The number of hydrogen-bond donors (Lipinski definition) is 0. The summed E-state index contributed by atoms with van der Waals surface area (Å²) in [4.78, 5) is 12.7. The zero-order valence-corrected chi connectivity index (χ0v) is 14.8. The van der Waals surface area contributed by atoms with Crippen molar-refractivity contribution in [3.8, 4) is 5.75 Å². The Hall–Kier alpha value is -2.35. The summed E-state index contributed by atoms with van der Waals surface area (Å²) in [6.07, 6.45) is 3.69. The van der Waals surface area contributed by atoms with Gasteiger partial charge in [0.2, 0.25) is 0 Å². The van der Waals surface area contributed by atoms with E-state index in [2.05, 4.69) is 45.0 Å². The van der Waals surface area contributed by atoms with Crippen molar-refractivity contribution < 1.29 is 9.53 Å². The molecule has 2 heteroatoms. The molecule has 2 aromatic carbocycles. The van der Waals surface area contributed by atoms with E-state index in [1.165, 1.54) is 5.56 Å². The van der Waals surface area contributed by atoms with Crippen molar-refractivity contribution in [2.75, 3.05) is 7.11 Å². The third-order valence-corrected chi connectivity index (χ3v) is 4.63. The van der Waals surface area contributed by atoms with E-state index < -0.39 is 0 Å². The number of carbonyl (C=O) groups excluding carboxylic acids is 1. The van der Waals surface area contributed by atoms with E-state index in [0.29, 0.717) is 0 Å². The van der Waals surface area contributed by atoms with Gasteiger partial charge in [-0.25, -0.2) is 0 Å². The van der Waals surface area contributed by atoms with Crippen molar-refractivity contribution in [3.63, 3.8) is 0 Å². The molecule has 0 bridgehead atoms.